The van der Waals surface area contributed by atoms with E-state index in [2.05, 4.69) is 0 Å². The minimum Gasteiger partial charge on any atom is -0.487 e. The van der Waals surface area contributed by atoms with Gasteiger partial charge in [0, 0.05) is 5.56 Å². The number of aliphatic carboxylic acids is 1. The lowest BCUT2D eigenvalue weighted by Gasteiger charge is -2.37. The molecule has 0 radical (unpaired) electrons. The van der Waals surface area contributed by atoms with Crippen LogP contribution < -0.4 is 14.2 Å². The molecular weight excluding hydrogens is 705 g/mol. The third-order valence-corrected chi connectivity index (χ3v) is 8.06. The molecule has 0 spiro atoms. The van der Waals surface area contributed by atoms with Gasteiger partial charge in [0.15, 0.2) is 6.61 Å². The number of carbonyl (C=O) groups is 1. The molecule has 34 heavy (non-hydrogen) atoms. The number of ether oxygens (including phenoxy) is 2. The first-order valence-electron chi connectivity index (χ1n) is 9.87. The molecule has 3 rings (SSSR count). The summed E-state index contributed by atoms with van der Waals surface area (Å²) in [5, 5.41) is 8.88. The molecule has 2 atom stereocenters. The zero-order valence-electron chi connectivity index (χ0n) is 17.8. The second-order valence-corrected chi connectivity index (χ2v) is 12.0. The normalized spacial score (nSPS) is 20.2. The molecule has 186 valence electrons. The topological polar surface area (TPSA) is 102 Å². The van der Waals surface area contributed by atoms with E-state index in [1.54, 1.807) is 50.2 Å². The molecule has 2 N–H and O–H groups in total. The van der Waals surface area contributed by atoms with E-state index in [0.29, 0.717) is 29.8 Å². The molecule has 7 nitrogen and oxygen atoms in total. The van der Waals surface area contributed by atoms with Gasteiger partial charge in [0.1, 0.15) is 23.1 Å². The summed E-state index contributed by atoms with van der Waals surface area (Å²) in [6.07, 6.45) is -1.08. The van der Waals surface area contributed by atoms with Crippen molar-refractivity contribution in [1.29, 1.82) is 0 Å². The van der Waals surface area contributed by atoms with Gasteiger partial charge in [0.2, 0.25) is 0 Å². The minimum atomic E-state index is -5.74. The van der Waals surface area contributed by atoms with Gasteiger partial charge in [0.25, 0.3) is 0 Å². The van der Waals surface area contributed by atoms with E-state index >= 15 is 0 Å². The van der Waals surface area contributed by atoms with Crippen LogP contribution in [0.15, 0.2) is 36.4 Å². The Hall–Kier alpha value is -1.33. The summed E-state index contributed by atoms with van der Waals surface area (Å²) < 4.78 is 79.4. The van der Waals surface area contributed by atoms with Crippen LogP contribution in [-0.4, -0.2) is 37.7 Å². The van der Waals surface area contributed by atoms with Crippen LogP contribution in [0.2, 0.25) is 0 Å². The Balaban J connectivity index is 2.16. The first-order valence-corrected chi connectivity index (χ1v) is 13.5. The number of carboxylic acids is 1. The zero-order valence-corrected chi connectivity index (χ0v) is 23.0. The molecule has 0 amide bonds. The third-order valence-electron chi connectivity index (χ3n) is 5.22. The third kappa shape index (κ3) is 5.41. The molecule has 0 bridgehead atoms. The van der Waals surface area contributed by atoms with E-state index in [1.807, 2.05) is 49.9 Å². The average molecular weight is 725 g/mol. The minimum absolute atomic E-state index is 0.145. The lowest BCUT2D eigenvalue weighted by Crippen LogP contribution is -2.58. The summed E-state index contributed by atoms with van der Waals surface area (Å²) in [7, 11) is -5.74. The summed E-state index contributed by atoms with van der Waals surface area (Å²) in [4.78, 5) is 10.9. The maximum Gasteiger partial charge on any atom is 0.511 e. The van der Waals surface area contributed by atoms with Gasteiger partial charge in [-0.3, -0.25) is 0 Å². The zero-order chi connectivity index (χ0) is 25.5. The van der Waals surface area contributed by atoms with Crippen LogP contribution in [-0.2, 0) is 26.8 Å². The number of carboxylic acid groups (broad SMARTS) is 1. The molecule has 13 heteroatoms. The Bertz CT molecular complexity index is 1180. The van der Waals surface area contributed by atoms with E-state index in [4.69, 9.17) is 14.6 Å². The Kier molecular flexibility index (Phi) is 7.99. The van der Waals surface area contributed by atoms with Gasteiger partial charge in [-0.05, 0) is 81.3 Å². The van der Waals surface area contributed by atoms with Gasteiger partial charge in [0.05, 0.1) is 7.14 Å². The molecule has 0 aromatic heterocycles. The number of hydrogen-bond donors (Lipinski definition) is 2. The fourth-order valence-electron chi connectivity index (χ4n) is 3.98. The molecule has 0 aliphatic carbocycles. The van der Waals surface area contributed by atoms with Gasteiger partial charge >= 0.3 is 21.5 Å². The number of fused-ring (bicyclic) bond motifs is 1. The highest BCUT2D eigenvalue weighted by Gasteiger charge is 2.57. The van der Waals surface area contributed by atoms with Crippen molar-refractivity contribution in [2.24, 2.45) is 5.92 Å². The lowest BCUT2D eigenvalue weighted by atomic mass is 9.78. The van der Waals surface area contributed by atoms with Crippen molar-refractivity contribution in [2.45, 2.75) is 37.4 Å². The monoisotopic (exact) mass is 725 g/mol. The van der Waals surface area contributed by atoms with Gasteiger partial charge < -0.3 is 14.6 Å². The molecule has 2 aromatic carbocycles. The van der Waals surface area contributed by atoms with Gasteiger partial charge in [-0.1, -0.05) is 32.0 Å². The van der Waals surface area contributed by atoms with Crippen LogP contribution >= 0.6 is 45.2 Å². The highest BCUT2D eigenvalue weighted by molar-refractivity contribution is 14.1. The van der Waals surface area contributed by atoms with E-state index < -0.39 is 39.8 Å². The Morgan fingerprint density at radius 2 is 1.82 bits per heavy atom. The molecular formula is C21H20F3I2NO6S. The predicted molar refractivity (Wildman–Crippen MR) is 134 cm³/mol. The van der Waals surface area contributed by atoms with Crippen LogP contribution in [0.25, 0.3) is 0 Å². The van der Waals surface area contributed by atoms with Crippen LogP contribution in [0.3, 0.4) is 0 Å². The molecule has 0 fully saturated rings. The van der Waals surface area contributed by atoms with Crippen molar-refractivity contribution in [3.63, 3.8) is 0 Å². The second kappa shape index (κ2) is 9.97. The van der Waals surface area contributed by atoms with Gasteiger partial charge in [-0.2, -0.15) is 17.9 Å². The Labute approximate surface area is 221 Å². The fraction of sp³-hybridized carbons (Fsp3) is 0.381. The van der Waals surface area contributed by atoms with Crippen molar-refractivity contribution in [2.75, 3.05) is 6.61 Å². The lowest BCUT2D eigenvalue weighted by molar-refractivity contribution is -0.139. The summed E-state index contributed by atoms with van der Waals surface area (Å²) in [5.74, 6) is -0.882. The summed E-state index contributed by atoms with van der Waals surface area (Å²) in [6.45, 7) is 2.92. The summed E-state index contributed by atoms with van der Waals surface area (Å²) in [6, 6.07) is 9.66. The maximum atomic E-state index is 13.5. The molecule has 2 unspecified atom stereocenters. The number of sulfonamides is 1. The molecule has 1 heterocycles. The molecule has 2 aromatic rings. The number of nitrogens with one attached hydrogen (secondary N) is 1. The smallest absolute Gasteiger partial charge is 0.487 e. The maximum absolute atomic E-state index is 13.5. The van der Waals surface area contributed by atoms with Crippen LogP contribution in [0, 0.1) is 13.1 Å². The SMILES string of the molecule is CC(C)C1Oc2ccccc2C1(Cc1cc(I)c(OCC(=O)O)c(I)c1)NS(=O)(=O)C(F)(F)F. The van der Waals surface area contributed by atoms with E-state index in [-0.39, 0.29) is 12.3 Å². The number of benzene rings is 2. The largest absolute Gasteiger partial charge is 0.511 e. The van der Waals surface area contributed by atoms with Crippen molar-refractivity contribution in [3.05, 3.63) is 54.7 Å². The van der Waals surface area contributed by atoms with E-state index in [9.17, 15) is 26.4 Å². The average Bonchev–Trinajstić information content (AvgIpc) is 3.00. The quantitative estimate of drug-likeness (QED) is 0.385. The van der Waals surface area contributed by atoms with Crippen molar-refractivity contribution in [3.8, 4) is 11.5 Å². The van der Waals surface area contributed by atoms with E-state index in [0.717, 1.165) is 0 Å². The molecule has 0 saturated heterocycles. The van der Waals surface area contributed by atoms with Crippen molar-refractivity contribution in [1.82, 2.24) is 4.72 Å². The first kappa shape index (κ1) is 27.3. The number of hydrogen-bond acceptors (Lipinski definition) is 5. The van der Waals surface area contributed by atoms with Crippen LogP contribution in [0.5, 0.6) is 11.5 Å². The number of halogens is 5. The Morgan fingerprint density at radius 1 is 1.24 bits per heavy atom. The van der Waals surface area contributed by atoms with E-state index in [1.165, 1.54) is 0 Å². The van der Waals surface area contributed by atoms with Crippen molar-refractivity contribution < 1.29 is 41.0 Å². The molecule has 0 saturated carbocycles. The van der Waals surface area contributed by atoms with Gasteiger partial charge in [-0.25, -0.2) is 13.2 Å². The number of para-hydroxylation sites is 1. The number of alkyl halides is 3. The van der Waals surface area contributed by atoms with Crippen LogP contribution in [0.1, 0.15) is 25.0 Å². The highest BCUT2D eigenvalue weighted by Crippen LogP contribution is 2.47. The second-order valence-electron chi connectivity index (χ2n) is 8.05. The van der Waals surface area contributed by atoms with Gasteiger partial charge in [-0.15, -0.1) is 0 Å². The Morgan fingerprint density at radius 3 is 2.35 bits per heavy atom. The van der Waals surface area contributed by atoms with Crippen molar-refractivity contribution >= 4 is 61.2 Å². The highest BCUT2D eigenvalue weighted by atomic mass is 127. The summed E-state index contributed by atoms with van der Waals surface area (Å²) >= 11 is 3.87. The molecule has 1 aliphatic heterocycles. The van der Waals surface area contributed by atoms with Crippen LogP contribution in [0.4, 0.5) is 13.2 Å². The fourth-order valence-corrected chi connectivity index (χ4v) is 7.09. The molecule has 1 aliphatic rings. The number of rotatable bonds is 8. The predicted octanol–water partition coefficient (Wildman–Crippen LogP) is 4.65. The standard InChI is InChI=1S/C21H20F3I2NO6S/c1-11(2)19-20(27-34(30,31)21(22,23)24,13-5-3-4-6-16(13)33-19)9-12-7-14(25)18(15(26)8-12)32-10-17(28)29/h3-8,11,19,27H,9-10H2,1-2H3,(H,28,29). The first-order chi connectivity index (χ1) is 15.7. The summed E-state index contributed by atoms with van der Waals surface area (Å²) in [5.41, 5.74) is -6.43.